The summed E-state index contributed by atoms with van der Waals surface area (Å²) in [5.74, 6) is -0.866. The second kappa shape index (κ2) is 6.16. The van der Waals surface area contributed by atoms with Crippen molar-refractivity contribution >= 4 is 24.5 Å². The zero-order chi connectivity index (χ0) is 19.3. The largest absolute Gasteiger partial charge is 0.458 e. The van der Waals surface area contributed by atoms with E-state index in [0.717, 1.165) is 21.8 Å². The summed E-state index contributed by atoms with van der Waals surface area (Å²) in [6.07, 6.45) is 6.26. The Hall–Kier alpha value is -2.73. The van der Waals surface area contributed by atoms with Gasteiger partial charge in [-0.05, 0) is 48.3 Å². The second-order valence-electron chi connectivity index (χ2n) is 7.17. The molecule has 0 saturated heterocycles. The summed E-state index contributed by atoms with van der Waals surface area (Å²) in [5, 5.41) is 12.5. The number of rotatable bonds is 2. The van der Waals surface area contributed by atoms with Gasteiger partial charge in [-0.15, -0.1) is 0 Å². The van der Waals surface area contributed by atoms with Crippen molar-refractivity contribution in [2.75, 3.05) is 6.61 Å². The summed E-state index contributed by atoms with van der Waals surface area (Å²) in [6.45, 7) is 8.07. The lowest BCUT2D eigenvalue weighted by molar-refractivity contribution is -0.165. The molecule has 2 atom stereocenters. The van der Waals surface area contributed by atoms with Crippen LogP contribution in [0.4, 0.5) is 0 Å². The monoisotopic (exact) mass is 366 g/mol. The van der Waals surface area contributed by atoms with Crippen LogP contribution in [-0.2, 0) is 20.9 Å². The number of ether oxygens (including phenoxy) is 1. The standard InChI is InChI=1S/C21H22N2O4/c1-4-6-7-16-12(3)8-13-10-23-17(18(13)22-16)9-15-14(19(23)24)11-27-20(25)21(15,26)5-2/h4,6-8,17,26H,3,5,9-11H2,1-2H3/b6-4-,16-7+/t17?,21-/m0/s1. The van der Waals surface area contributed by atoms with Crippen molar-refractivity contribution in [2.24, 2.45) is 0 Å². The van der Waals surface area contributed by atoms with Crippen LogP contribution in [0.5, 0.6) is 0 Å². The van der Waals surface area contributed by atoms with Crippen molar-refractivity contribution in [1.29, 1.82) is 0 Å². The molecule has 140 valence electrons. The number of amides is 1. The van der Waals surface area contributed by atoms with Crippen molar-refractivity contribution in [3.63, 3.8) is 0 Å². The first kappa shape index (κ1) is 17.7. The first-order chi connectivity index (χ1) is 12.9. The lowest BCUT2D eigenvalue weighted by Gasteiger charge is -2.41. The third kappa shape index (κ3) is 2.47. The first-order valence-electron chi connectivity index (χ1n) is 9.15. The van der Waals surface area contributed by atoms with Gasteiger partial charge in [-0.2, -0.15) is 0 Å². The number of cyclic esters (lactones) is 1. The van der Waals surface area contributed by atoms with Gasteiger partial charge in [0.1, 0.15) is 6.61 Å². The molecule has 3 aliphatic heterocycles. The number of carbonyl (C=O) groups is 2. The van der Waals surface area contributed by atoms with E-state index in [-0.39, 0.29) is 25.0 Å². The van der Waals surface area contributed by atoms with Crippen LogP contribution in [0.1, 0.15) is 44.0 Å². The van der Waals surface area contributed by atoms with Gasteiger partial charge in [-0.1, -0.05) is 25.7 Å². The number of allylic oxidation sites excluding steroid dienone is 2. The van der Waals surface area contributed by atoms with Crippen molar-refractivity contribution in [3.8, 4) is 0 Å². The average molecular weight is 366 g/mol. The molecule has 0 radical (unpaired) electrons. The molecule has 27 heavy (non-hydrogen) atoms. The average Bonchev–Trinajstić information content (AvgIpc) is 3.01. The molecule has 0 fully saturated rings. The Morgan fingerprint density at radius 2 is 2.26 bits per heavy atom. The number of aromatic nitrogens is 1. The number of hydrogen-bond donors (Lipinski definition) is 1. The molecule has 0 spiro atoms. The van der Waals surface area contributed by atoms with E-state index in [2.05, 4.69) is 6.58 Å². The van der Waals surface area contributed by atoms with Crippen LogP contribution in [-0.4, -0.2) is 39.1 Å². The summed E-state index contributed by atoms with van der Waals surface area (Å²) >= 11 is 0. The molecule has 1 aromatic rings. The van der Waals surface area contributed by atoms with Crippen LogP contribution in [0.25, 0.3) is 12.7 Å². The number of esters is 1. The van der Waals surface area contributed by atoms with Gasteiger partial charge in [0, 0.05) is 6.54 Å². The van der Waals surface area contributed by atoms with Crippen LogP contribution in [0, 0.1) is 0 Å². The molecule has 6 heteroatoms. The first-order valence-corrected chi connectivity index (χ1v) is 9.15. The predicted molar refractivity (Wildman–Crippen MR) is 99.4 cm³/mol. The minimum absolute atomic E-state index is 0.0801. The Morgan fingerprint density at radius 1 is 1.48 bits per heavy atom. The van der Waals surface area contributed by atoms with E-state index in [1.54, 1.807) is 11.8 Å². The molecule has 0 aromatic carbocycles. The van der Waals surface area contributed by atoms with Crippen LogP contribution >= 0.6 is 0 Å². The summed E-state index contributed by atoms with van der Waals surface area (Å²) in [5.41, 5.74) is 0.932. The lowest BCUT2D eigenvalue weighted by Crippen LogP contribution is -2.51. The molecule has 1 unspecified atom stereocenters. The van der Waals surface area contributed by atoms with Gasteiger partial charge >= 0.3 is 5.97 Å². The highest BCUT2D eigenvalue weighted by molar-refractivity contribution is 6.00. The molecule has 4 heterocycles. The van der Waals surface area contributed by atoms with Crippen molar-refractivity contribution in [1.82, 2.24) is 9.88 Å². The molecule has 4 rings (SSSR count). The van der Waals surface area contributed by atoms with Gasteiger partial charge in [-0.3, -0.25) is 9.78 Å². The van der Waals surface area contributed by atoms with Gasteiger partial charge in [-0.25, -0.2) is 4.79 Å². The van der Waals surface area contributed by atoms with Crippen LogP contribution in [0.3, 0.4) is 0 Å². The van der Waals surface area contributed by atoms with E-state index in [1.807, 2.05) is 31.2 Å². The van der Waals surface area contributed by atoms with E-state index in [1.165, 1.54) is 0 Å². The van der Waals surface area contributed by atoms with E-state index in [0.29, 0.717) is 24.1 Å². The van der Waals surface area contributed by atoms with Crippen molar-refractivity contribution in [2.45, 2.75) is 44.9 Å². The number of fused-ring (bicyclic) bond motifs is 3. The molecule has 6 nitrogen and oxygen atoms in total. The van der Waals surface area contributed by atoms with Gasteiger partial charge in [0.15, 0.2) is 5.60 Å². The quantitative estimate of drug-likeness (QED) is 0.777. The highest BCUT2D eigenvalue weighted by Crippen LogP contribution is 2.46. The second-order valence-corrected chi connectivity index (χ2v) is 7.17. The van der Waals surface area contributed by atoms with E-state index in [4.69, 9.17) is 9.72 Å². The molecule has 1 aromatic heterocycles. The summed E-state index contributed by atoms with van der Waals surface area (Å²) in [7, 11) is 0. The number of pyridine rings is 1. The van der Waals surface area contributed by atoms with E-state index in [9.17, 15) is 14.7 Å². The fraction of sp³-hybridized carbons (Fsp3) is 0.381. The normalized spacial score (nSPS) is 27.7. The van der Waals surface area contributed by atoms with E-state index < -0.39 is 11.6 Å². The Labute approximate surface area is 157 Å². The highest BCUT2D eigenvalue weighted by atomic mass is 16.6. The van der Waals surface area contributed by atoms with E-state index >= 15 is 0 Å². The molecule has 1 amide bonds. The fourth-order valence-corrected chi connectivity index (χ4v) is 4.16. The van der Waals surface area contributed by atoms with Crippen LogP contribution in [0.15, 0.2) is 29.4 Å². The lowest BCUT2D eigenvalue weighted by atomic mass is 9.79. The molecule has 0 aliphatic carbocycles. The summed E-state index contributed by atoms with van der Waals surface area (Å²) in [4.78, 5) is 31.8. The topological polar surface area (TPSA) is 79.7 Å². The fourth-order valence-electron chi connectivity index (χ4n) is 4.16. The zero-order valence-corrected chi connectivity index (χ0v) is 15.5. The maximum absolute atomic E-state index is 13.1. The predicted octanol–water partition coefficient (Wildman–Crippen LogP) is 0.630. The Morgan fingerprint density at radius 3 is 2.96 bits per heavy atom. The minimum atomic E-state index is -1.73. The van der Waals surface area contributed by atoms with Crippen LogP contribution in [0.2, 0.25) is 0 Å². The Balaban J connectivity index is 1.83. The maximum atomic E-state index is 13.1. The number of nitrogens with zero attached hydrogens (tertiary/aromatic N) is 2. The molecule has 3 aliphatic rings. The Kier molecular flexibility index (Phi) is 4.03. The third-order valence-electron chi connectivity index (χ3n) is 5.70. The number of hydrogen-bond acceptors (Lipinski definition) is 5. The highest BCUT2D eigenvalue weighted by Gasteiger charge is 2.52. The zero-order valence-electron chi connectivity index (χ0n) is 15.5. The number of aliphatic hydroxyl groups is 1. The minimum Gasteiger partial charge on any atom is -0.458 e. The molecule has 0 bridgehead atoms. The van der Waals surface area contributed by atoms with Gasteiger partial charge in [0.2, 0.25) is 0 Å². The molecular formula is C21H22N2O4. The summed E-state index contributed by atoms with van der Waals surface area (Å²) < 4.78 is 5.10. The molecule has 1 N–H and O–H groups in total. The maximum Gasteiger partial charge on any atom is 0.342 e. The number of carbonyl (C=O) groups excluding carboxylic acids is 2. The Bertz CT molecular complexity index is 1020. The molecule has 0 saturated carbocycles. The SMILES string of the molecule is C=c1cc2c(n/c1=C/C=C\C)C1CC3=C(COC(=O)[C@]3(O)CC)C(=O)N1C2. The molecular weight excluding hydrogens is 344 g/mol. The third-order valence-corrected chi connectivity index (χ3v) is 5.70. The van der Waals surface area contributed by atoms with Gasteiger partial charge < -0.3 is 14.7 Å². The van der Waals surface area contributed by atoms with Gasteiger partial charge in [0.05, 0.1) is 22.7 Å². The van der Waals surface area contributed by atoms with Crippen molar-refractivity contribution < 1.29 is 19.4 Å². The van der Waals surface area contributed by atoms with Crippen LogP contribution < -0.4 is 10.6 Å². The van der Waals surface area contributed by atoms with Crippen molar-refractivity contribution in [3.05, 3.63) is 51.2 Å². The smallest absolute Gasteiger partial charge is 0.342 e. The van der Waals surface area contributed by atoms with Gasteiger partial charge in [0.25, 0.3) is 5.91 Å². The summed E-state index contributed by atoms with van der Waals surface area (Å²) in [6, 6.07) is 1.68.